The molecule has 0 unspecified atom stereocenters. The molecule has 0 spiro atoms. The summed E-state index contributed by atoms with van der Waals surface area (Å²) in [7, 11) is -4.67. The minimum absolute atomic E-state index is 0.0126. The van der Waals surface area contributed by atoms with Crippen molar-refractivity contribution in [3.63, 3.8) is 0 Å². The Morgan fingerprint density at radius 1 is 1.27 bits per heavy atom. The second-order valence-electron chi connectivity index (χ2n) is 8.53. The first-order valence-electron chi connectivity index (χ1n) is 11.1. The summed E-state index contributed by atoms with van der Waals surface area (Å²) < 4.78 is 65.7. The molecule has 1 fully saturated rings. The molecule has 0 radical (unpaired) electrons. The quantitative estimate of drug-likeness (QED) is 0.406. The lowest BCUT2D eigenvalue weighted by Gasteiger charge is -2.33. The van der Waals surface area contributed by atoms with Crippen molar-refractivity contribution in [2.24, 2.45) is 0 Å². The van der Waals surface area contributed by atoms with Crippen LogP contribution in [0.1, 0.15) is 43.6 Å². The van der Waals surface area contributed by atoms with Crippen LogP contribution in [0.3, 0.4) is 0 Å². The number of hydrogen-bond donors (Lipinski definition) is 2. The number of nitrogens with one attached hydrogen (secondary N) is 2. The van der Waals surface area contributed by atoms with Crippen molar-refractivity contribution < 1.29 is 26.4 Å². The van der Waals surface area contributed by atoms with Crippen LogP contribution in [-0.4, -0.2) is 64.4 Å². The topological polar surface area (TPSA) is 121 Å². The Morgan fingerprint density at radius 2 is 2.00 bits per heavy atom. The average molecular weight is 597 g/mol. The van der Waals surface area contributed by atoms with Crippen LogP contribution in [0, 0.1) is 0 Å². The van der Waals surface area contributed by atoms with Crippen LogP contribution >= 0.6 is 34.5 Å². The Hall–Kier alpha value is -2.26. The molecule has 3 aromatic rings. The molecule has 0 aliphatic carbocycles. The van der Waals surface area contributed by atoms with Gasteiger partial charge in [0.15, 0.2) is 0 Å². The van der Waals surface area contributed by atoms with E-state index >= 15 is 0 Å². The number of aromatic nitrogens is 4. The number of benzene rings is 1. The number of alkyl halides is 3. The van der Waals surface area contributed by atoms with Gasteiger partial charge >= 0.3 is 6.18 Å². The number of amides is 1. The van der Waals surface area contributed by atoms with Gasteiger partial charge in [0, 0.05) is 18.2 Å². The maximum Gasteiger partial charge on any atom is 0.404 e. The number of rotatable bonds is 6. The Labute approximate surface area is 224 Å². The molecule has 1 aliphatic rings. The molecule has 2 atom stereocenters. The number of halogens is 5. The van der Waals surface area contributed by atoms with Crippen molar-refractivity contribution in [3.05, 3.63) is 34.1 Å². The molecule has 2 aromatic heterocycles. The van der Waals surface area contributed by atoms with Gasteiger partial charge in [0.25, 0.3) is 5.91 Å². The van der Waals surface area contributed by atoms with E-state index in [1.807, 2.05) is 6.92 Å². The number of sulfonamides is 1. The summed E-state index contributed by atoms with van der Waals surface area (Å²) in [5.41, 5.74) is 0.739. The monoisotopic (exact) mass is 596 g/mol. The maximum absolute atomic E-state index is 13.6. The van der Waals surface area contributed by atoms with Crippen LogP contribution in [0.15, 0.2) is 23.2 Å². The summed E-state index contributed by atoms with van der Waals surface area (Å²) in [5, 5.41) is 9.73. The molecule has 0 bridgehead atoms. The molecule has 37 heavy (non-hydrogen) atoms. The fourth-order valence-electron chi connectivity index (χ4n) is 3.88. The van der Waals surface area contributed by atoms with Gasteiger partial charge in [-0.2, -0.15) is 17.9 Å². The lowest BCUT2D eigenvalue weighted by atomic mass is 10.0. The molecule has 4 rings (SSSR count). The Balaban J connectivity index is 1.79. The largest absolute Gasteiger partial charge is 0.404 e. The van der Waals surface area contributed by atoms with Crippen LogP contribution < -0.4 is 4.72 Å². The summed E-state index contributed by atoms with van der Waals surface area (Å²) in [4.78, 5) is 19.5. The fourth-order valence-corrected chi connectivity index (χ4v) is 7.08. The first-order valence-corrected chi connectivity index (χ1v) is 14.1. The van der Waals surface area contributed by atoms with Gasteiger partial charge in [0.1, 0.15) is 27.3 Å². The second-order valence-corrected chi connectivity index (χ2v) is 12.0. The fraction of sp³-hybridized carbons (Fsp3) is 0.429. The van der Waals surface area contributed by atoms with Gasteiger partial charge in [0.2, 0.25) is 10.0 Å². The van der Waals surface area contributed by atoms with Crippen molar-refractivity contribution in [2.45, 2.75) is 56.3 Å². The van der Waals surface area contributed by atoms with E-state index in [1.54, 1.807) is 9.62 Å². The third kappa shape index (κ3) is 5.62. The van der Waals surface area contributed by atoms with E-state index in [4.69, 9.17) is 23.2 Å². The van der Waals surface area contributed by atoms with E-state index in [0.717, 1.165) is 36.7 Å². The molecule has 2 N–H and O–H groups in total. The normalized spacial score (nSPS) is 17.7. The summed E-state index contributed by atoms with van der Waals surface area (Å²) in [6, 6.07) is -0.0275. The number of H-pyrrole nitrogens is 1. The third-order valence-electron chi connectivity index (χ3n) is 5.94. The first-order chi connectivity index (χ1) is 17.3. The van der Waals surface area contributed by atoms with E-state index in [2.05, 4.69) is 20.4 Å². The summed E-state index contributed by atoms with van der Waals surface area (Å²) in [5.74, 6) is -0.332. The molecule has 200 valence electrons. The van der Waals surface area contributed by atoms with Gasteiger partial charge in [-0.3, -0.25) is 9.89 Å². The zero-order chi connectivity index (χ0) is 27.1. The Bertz CT molecular complexity index is 1410. The van der Waals surface area contributed by atoms with Gasteiger partial charge < -0.3 is 4.90 Å². The van der Waals surface area contributed by atoms with Gasteiger partial charge in [0.05, 0.1) is 21.1 Å². The van der Waals surface area contributed by atoms with Crippen molar-refractivity contribution >= 4 is 50.5 Å². The van der Waals surface area contributed by atoms with E-state index in [0.29, 0.717) is 29.0 Å². The molecule has 1 saturated heterocycles. The van der Waals surface area contributed by atoms with Gasteiger partial charge in [-0.1, -0.05) is 34.5 Å². The number of likely N-dealkylation sites (tertiary alicyclic amines) is 1. The molecule has 1 aliphatic heterocycles. The smallest absolute Gasteiger partial charge is 0.335 e. The summed E-state index contributed by atoms with van der Waals surface area (Å²) in [6.07, 6.45) is -0.693. The number of aromatic amines is 1. The van der Waals surface area contributed by atoms with Crippen molar-refractivity contribution in [2.75, 3.05) is 6.54 Å². The average Bonchev–Trinajstić information content (AvgIpc) is 3.50. The number of piperidine rings is 1. The van der Waals surface area contributed by atoms with Crippen LogP contribution in [-0.2, 0) is 10.0 Å². The predicted molar refractivity (Wildman–Crippen MR) is 133 cm³/mol. The van der Waals surface area contributed by atoms with Crippen LogP contribution in [0.2, 0.25) is 10.0 Å². The highest BCUT2D eigenvalue weighted by Crippen LogP contribution is 2.43. The highest BCUT2D eigenvalue weighted by molar-refractivity contribution is 7.89. The number of carbonyl (C=O) groups excluding carboxylic acids is 1. The van der Waals surface area contributed by atoms with Crippen molar-refractivity contribution in [1.82, 2.24) is 30.0 Å². The summed E-state index contributed by atoms with van der Waals surface area (Å²) >= 11 is 13.8. The van der Waals surface area contributed by atoms with Gasteiger partial charge in [-0.25, -0.2) is 13.4 Å². The molecule has 3 heterocycles. The molecule has 1 aromatic carbocycles. The molecular formula is C21H21Cl2F3N6O3S2. The highest BCUT2D eigenvalue weighted by atomic mass is 35.5. The number of nitrogens with zero attached hydrogens (tertiary/aromatic N) is 4. The first kappa shape index (κ1) is 27.8. The molecular weight excluding hydrogens is 576 g/mol. The van der Waals surface area contributed by atoms with Gasteiger partial charge in [-0.15, -0.1) is 16.4 Å². The predicted octanol–water partition coefficient (Wildman–Crippen LogP) is 5.15. The lowest BCUT2D eigenvalue weighted by molar-refractivity contribution is -0.147. The zero-order valence-corrected chi connectivity index (χ0v) is 22.6. The maximum atomic E-state index is 13.6. The summed E-state index contributed by atoms with van der Waals surface area (Å²) in [6.45, 7) is 3.16. The molecule has 9 nitrogen and oxygen atoms in total. The molecule has 16 heteroatoms. The zero-order valence-electron chi connectivity index (χ0n) is 19.4. The van der Waals surface area contributed by atoms with Crippen LogP contribution in [0.25, 0.3) is 21.1 Å². The molecule has 0 saturated carbocycles. The molecule has 1 amide bonds. The minimum Gasteiger partial charge on any atom is -0.335 e. The SMILES string of the molecule is C[C@H](NS(=O)(=O)c1ccc(-c2sc(-c3cnn[nH]3)nc2C(=O)N2CCCC[C@@H]2C)c(Cl)c1Cl)C(F)(F)F. The Morgan fingerprint density at radius 3 is 2.62 bits per heavy atom. The van der Waals surface area contributed by atoms with Crippen molar-refractivity contribution in [3.8, 4) is 21.1 Å². The van der Waals surface area contributed by atoms with E-state index in [9.17, 15) is 26.4 Å². The van der Waals surface area contributed by atoms with Crippen LogP contribution in [0.5, 0.6) is 0 Å². The van der Waals surface area contributed by atoms with E-state index in [1.165, 1.54) is 12.3 Å². The van der Waals surface area contributed by atoms with E-state index < -0.39 is 32.2 Å². The number of thiazole rings is 1. The van der Waals surface area contributed by atoms with Crippen LogP contribution in [0.4, 0.5) is 13.2 Å². The number of carbonyl (C=O) groups is 1. The number of hydrogen-bond acceptors (Lipinski definition) is 7. The second kappa shape index (κ2) is 10.5. The van der Waals surface area contributed by atoms with E-state index in [-0.39, 0.29) is 28.2 Å². The Kier molecular flexibility index (Phi) is 7.87. The van der Waals surface area contributed by atoms with Gasteiger partial charge in [-0.05, 0) is 39.2 Å². The minimum atomic E-state index is -4.80. The van der Waals surface area contributed by atoms with Crippen molar-refractivity contribution in [1.29, 1.82) is 0 Å². The highest BCUT2D eigenvalue weighted by Gasteiger charge is 2.39. The third-order valence-corrected chi connectivity index (χ3v) is 9.64. The standard InChI is InChI=1S/C21H21Cl2F3N6O3S2/c1-10-5-3-4-8-32(10)20(33)17-18(36-19(28-17)13-9-27-31-29-13)12-6-7-14(16(23)15(12)22)37(34,35)30-11(2)21(24,25)26/h6-7,9-11,30H,3-5,8H2,1-2H3,(H,27,29,31)/t10-,11-/m0/s1. The lowest BCUT2D eigenvalue weighted by Crippen LogP contribution is -2.43.